The Kier molecular flexibility index (Phi) is 3.86. The number of aryl methyl sites for hydroxylation is 3. The molecule has 0 bridgehead atoms. The Bertz CT molecular complexity index is 565. The highest BCUT2D eigenvalue weighted by atomic mass is 35.5. The molecule has 0 spiro atoms. The van der Waals surface area contributed by atoms with E-state index >= 15 is 0 Å². The smallest absolute Gasteiger partial charge is 0.148 e. The largest absolute Gasteiger partial charge is 0.233 e. The van der Waals surface area contributed by atoms with Crippen LogP contribution in [-0.4, -0.2) is 4.98 Å². The van der Waals surface area contributed by atoms with Crippen LogP contribution in [0.4, 0.5) is 0 Å². The van der Waals surface area contributed by atoms with Crippen molar-refractivity contribution in [2.75, 3.05) is 0 Å². The molecule has 1 aromatic carbocycles. The van der Waals surface area contributed by atoms with Crippen LogP contribution in [0, 0.1) is 20.8 Å². The molecule has 2 aromatic rings. The molecule has 0 fully saturated rings. The minimum atomic E-state index is 0.272. The zero-order chi connectivity index (χ0) is 13.4. The lowest BCUT2D eigenvalue weighted by Crippen LogP contribution is -1.93. The fourth-order valence-corrected chi connectivity index (χ4v) is 2.45. The van der Waals surface area contributed by atoms with Crippen molar-refractivity contribution < 1.29 is 0 Å². The Morgan fingerprint density at radius 3 is 2.06 bits per heavy atom. The first-order chi connectivity index (χ1) is 8.40. The summed E-state index contributed by atoms with van der Waals surface area (Å²) in [6, 6.07) is 5.82. The number of aromatic nitrogens is 1. The number of halogens is 3. The predicted molar refractivity (Wildman–Crippen MR) is 78.9 cm³/mol. The molecule has 0 aliphatic carbocycles. The third-order valence-corrected chi connectivity index (χ3v) is 3.94. The first kappa shape index (κ1) is 13.7. The van der Waals surface area contributed by atoms with E-state index < -0.39 is 0 Å². The van der Waals surface area contributed by atoms with Gasteiger partial charge in [0.1, 0.15) is 5.15 Å². The molecular formula is C14H12Cl3N. The summed E-state index contributed by atoms with van der Waals surface area (Å²) in [5, 5.41) is 1.15. The molecule has 0 saturated heterocycles. The zero-order valence-corrected chi connectivity index (χ0v) is 12.6. The normalized spacial score (nSPS) is 10.8. The van der Waals surface area contributed by atoms with Crippen molar-refractivity contribution in [2.45, 2.75) is 20.8 Å². The molecule has 0 aliphatic heterocycles. The van der Waals surface area contributed by atoms with Crippen molar-refractivity contribution >= 4 is 34.8 Å². The van der Waals surface area contributed by atoms with Crippen molar-refractivity contribution in [2.24, 2.45) is 0 Å². The summed E-state index contributed by atoms with van der Waals surface area (Å²) in [5.74, 6) is 0. The fraction of sp³-hybridized carbons (Fsp3) is 0.214. The minimum absolute atomic E-state index is 0.272. The van der Waals surface area contributed by atoms with Crippen LogP contribution in [0.15, 0.2) is 18.2 Å². The molecule has 0 amide bonds. The molecule has 94 valence electrons. The SMILES string of the molecule is Cc1cc(C)c(-c2nc(Cl)c(Cl)cc2Cl)cc1C. The van der Waals surface area contributed by atoms with Crippen LogP contribution in [0.1, 0.15) is 16.7 Å². The molecule has 2 rings (SSSR count). The van der Waals surface area contributed by atoms with Crippen LogP contribution < -0.4 is 0 Å². The van der Waals surface area contributed by atoms with E-state index in [1.807, 2.05) is 6.92 Å². The second-order valence-electron chi connectivity index (χ2n) is 4.34. The minimum Gasteiger partial charge on any atom is -0.233 e. The van der Waals surface area contributed by atoms with Crippen molar-refractivity contribution in [1.82, 2.24) is 4.98 Å². The van der Waals surface area contributed by atoms with Gasteiger partial charge in [0.05, 0.1) is 15.7 Å². The van der Waals surface area contributed by atoms with Gasteiger partial charge in [-0.25, -0.2) is 4.98 Å². The summed E-state index contributed by atoms with van der Waals surface area (Å²) >= 11 is 18.0. The first-order valence-electron chi connectivity index (χ1n) is 5.50. The van der Waals surface area contributed by atoms with Crippen LogP contribution >= 0.6 is 34.8 Å². The molecule has 1 aromatic heterocycles. The van der Waals surface area contributed by atoms with E-state index in [9.17, 15) is 0 Å². The molecule has 0 radical (unpaired) electrons. The predicted octanol–water partition coefficient (Wildman–Crippen LogP) is 5.63. The van der Waals surface area contributed by atoms with Crippen LogP contribution in [-0.2, 0) is 0 Å². The van der Waals surface area contributed by atoms with Gasteiger partial charge in [-0.1, -0.05) is 40.9 Å². The molecule has 1 heterocycles. The van der Waals surface area contributed by atoms with Crippen LogP contribution in [0.2, 0.25) is 15.2 Å². The number of pyridine rings is 1. The van der Waals surface area contributed by atoms with Crippen molar-refractivity contribution in [3.63, 3.8) is 0 Å². The molecule has 0 atom stereocenters. The quantitative estimate of drug-likeness (QED) is 0.622. The van der Waals surface area contributed by atoms with Crippen molar-refractivity contribution in [3.8, 4) is 11.3 Å². The van der Waals surface area contributed by atoms with Gasteiger partial charge in [-0.15, -0.1) is 0 Å². The Hall–Kier alpha value is -0.760. The second kappa shape index (κ2) is 5.08. The Balaban J connectivity index is 2.69. The summed E-state index contributed by atoms with van der Waals surface area (Å²) in [6.07, 6.45) is 0. The van der Waals surface area contributed by atoms with E-state index in [1.165, 1.54) is 11.1 Å². The third kappa shape index (κ3) is 2.49. The van der Waals surface area contributed by atoms with Gasteiger partial charge in [-0.2, -0.15) is 0 Å². The molecule has 0 N–H and O–H groups in total. The highest BCUT2D eigenvalue weighted by Gasteiger charge is 2.13. The van der Waals surface area contributed by atoms with Crippen LogP contribution in [0.25, 0.3) is 11.3 Å². The van der Waals surface area contributed by atoms with E-state index in [0.717, 1.165) is 11.1 Å². The molecule has 0 aliphatic rings. The summed E-state index contributed by atoms with van der Waals surface area (Å²) in [4.78, 5) is 4.28. The van der Waals surface area contributed by atoms with Gasteiger partial charge in [0, 0.05) is 5.56 Å². The average molecular weight is 301 g/mol. The summed E-state index contributed by atoms with van der Waals surface area (Å²) in [5.41, 5.74) is 5.21. The second-order valence-corrected chi connectivity index (χ2v) is 5.52. The number of hydrogen-bond acceptors (Lipinski definition) is 1. The lowest BCUT2D eigenvalue weighted by atomic mass is 9.98. The van der Waals surface area contributed by atoms with E-state index in [1.54, 1.807) is 6.07 Å². The molecule has 4 heteroatoms. The Morgan fingerprint density at radius 1 is 0.778 bits per heavy atom. The Labute approximate surface area is 122 Å². The molecule has 0 saturated carbocycles. The number of rotatable bonds is 1. The number of hydrogen-bond donors (Lipinski definition) is 0. The first-order valence-corrected chi connectivity index (χ1v) is 6.63. The monoisotopic (exact) mass is 299 g/mol. The van der Waals surface area contributed by atoms with E-state index in [-0.39, 0.29) is 5.15 Å². The van der Waals surface area contributed by atoms with Crippen LogP contribution in [0.3, 0.4) is 0 Å². The van der Waals surface area contributed by atoms with Gasteiger partial charge in [0.25, 0.3) is 0 Å². The standard InChI is InChI=1S/C14H12Cl3N/c1-7-4-9(3)10(5-8(7)2)13-11(15)6-12(16)14(17)18-13/h4-6H,1-3H3. The fourth-order valence-electron chi connectivity index (χ4n) is 1.85. The van der Waals surface area contributed by atoms with Gasteiger partial charge in [0.15, 0.2) is 0 Å². The van der Waals surface area contributed by atoms with E-state index in [0.29, 0.717) is 15.7 Å². The van der Waals surface area contributed by atoms with Gasteiger partial charge >= 0.3 is 0 Å². The number of benzene rings is 1. The van der Waals surface area contributed by atoms with Gasteiger partial charge < -0.3 is 0 Å². The van der Waals surface area contributed by atoms with Crippen LogP contribution in [0.5, 0.6) is 0 Å². The summed E-state index contributed by atoms with van der Waals surface area (Å²) < 4.78 is 0. The maximum atomic E-state index is 6.19. The van der Waals surface area contributed by atoms with Gasteiger partial charge in [0.2, 0.25) is 0 Å². The Morgan fingerprint density at radius 2 is 1.39 bits per heavy atom. The topological polar surface area (TPSA) is 12.9 Å². The molecule has 0 unspecified atom stereocenters. The number of nitrogens with zero attached hydrogens (tertiary/aromatic N) is 1. The molecule has 1 nitrogen and oxygen atoms in total. The van der Waals surface area contributed by atoms with Gasteiger partial charge in [-0.05, 0) is 49.6 Å². The van der Waals surface area contributed by atoms with E-state index in [4.69, 9.17) is 34.8 Å². The third-order valence-electron chi connectivity index (χ3n) is 2.98. The lowest BCUT2D eigenvalue weighted by Gasteiger charge is -2.11. The summed E-state index contributed by atoms with van der Waals surface area (Å²) in [7, 11) is 0. The van der Waals surface area contributed by atoms with Crippen molar-refractivity contribution in [3.05, 3.63) is 50.1 Å². The highest BCUT2D eigenvalue weighted by Crippen LogP contribution is 2.34. The maximum Gasteiger partial charge on any atom is 0.148 e. The lowest BCUT2D eigenvalue weighted by molar-refractivity contribution is 1.26. The maximum absolute atomic E-state index is 6.19. The average Bonchev–Trinajstić information content (AvgIpc) is 2.29. The van der Waals surface area contributed by atoms with Gasteiger partial charge in [-0.3, -0.25) is 0 Å². The van der Waals surface area contributed by atoms with Crippen molar-refractivity contribution in [1.29, 1.82) is 0 Å². The van der Waals surface area contributed by atoms with E-state index in [2.05, 4.69) is 31.0 Å². The summed E-state index contributed by atoms with van der Waals surface area (Å²) in [6.45, 7) is 6.17. The zero-order valence-electron chi connectivity index (χ0n) is 10.3. The highest BCUT2D eigenvalue weighted by molar-refractivity contribution is 6.43. The molecule has 18 heavy (non-hydrogen) atoms. The molecular weight excluding hydrogens is 289 g/mol.